The van der Waals surface area contributed by atoms with Crippen molar-refractivity contribution in [2.24, 2.45) is 0 Å². The highest BCUT2D eigenvalue weighted by Gasteiger charge is 2.07. The zero-order chi connectivity index (χ0) is 8.69. The van der Waals surface area contributed by atoms with Gasteiger partial charge in [-0.1, -0.05) is 0 Å². The van der Waals surface area contributed by atoms with Gasteiger partial charge in [-0.3, -0.25) is 9.18 Å². The minimum absolute atomic E-state index is 0.244. The van der Waals surface area contributed by atoms with Crippen LogP contribution >= 0.6 is 0 Å². The Bertz CT molecular complexity index is 116. The molecule has 0 radical (unpaired) electrons. The van der Waals surface area contributed by atoms with E-state index in [0.29, 0.717) is 19.3 Å². The van der Waals surface area contributed by atoms with Gasteiger partial charge in [0.25, 0.3) is 0 Å². The highest BCUT2D eigenvalue weighted by atomic mass is 19.1. The van der Waals surface area contributed by atoms with Gasteiger partial charge in [-0.05, 0) is 19.3 Å². The van der Waals surface area contributed by atoms with E-state index in [1.165, 1.54) is 0 Å². The number of aliphatic carboxylic acids is 1. The summed E-state index contributed by atoms with van der Waals surface area (Å²) >= 11 is 0. The summed E-state index contributed by atoms with van der Waals surface area (Å²) in [7, 11) is 0. The minimum Gasteiger partial charge on any atom is -0.481 e. The number of aliphatic hydroxyl groups excluding tert-OH is 1. The molecule has 0 aromatic heterocycles. The van der Waals surface area contributed by atoms with Crippen molar-refractivity contribution in [2.75, 3.05) is 6.67 Å². The topological polar surface area (TPSA) is 57.5 Å². The third-order valence-electron chi connectivity index (χ3n) is 1.33. The van der Waals surface area contributed by atoms with Crippen molar-refractivity contribution < 1.29 is 19.4 Å². The van der Waals surface area contributed by atoms with Crippen molar-refractivity contribution in [3.63, 3.8) is 0 Å². The van der Waals surface area contributed by atoms with Crippen LogP contribution in [0.1, 0.15) is 25.7 Å². The largest absolute Gasteiger partial charge is 0.481 e. The van der Waals surface area contributed by atoms with Gasteiger partial charge >= 0.3 is 5.97 Å². The van der Waals surface area contributed by atoms with Gasteiger partial charge < -0.3 is 10.2 Å². The number of carboxylic acids is 1. The van der Waals surface area contributed by atoms with Crippen molar-refractivity contribution in [1.82, 2.24) is 0 Å². The molecular weight excluding hydrogens is 151 g/mol. The molecule has 0 aromatic rings. The number of rotatable bonds is 6. The van der Waals surface area contributed by atoms with E-state index in [4.69, 9.17) is 10.2 Å². The lowest BCUT2D eigenvalue weighted by molar-refractivity contribution is -0.139. The van der Waals surface area contributed by atoms with Gasteiger partial charge in [0.05, 0.1) is 19.2 Å². The standard InChI is InChI=1S/C7H13FO3/c8-4-2-1-3-6(9)5-7(10)11/h6,9H,1-5H2,(H,10,11). The van der Waals surface area contributed by atoms with Gasteiger partial charge in [0, 0.05) is 0 Å². The number of hydrogen-bond acceptors (Lipinski definition) is 2. The molecular formula is C7H13FO3. The summed E-state index contributed by atoms with van der Waals surface area (Å²) in [5.74, 6) is -1.02. The zero-order valence-electron chi connectivity index (χ0n) is 6.29. The number of hydrogen-bond donors (Lipinski definition) is 2. The van der Waals surface area contributed by atoms with E-state index in [2.05, 4.69) is 0 Å². The predicted molar refractivity (Wildman–Crippen MR) is 38.1 cm³/mol. The molecule has 3 nitrogen and oxygen atoms in total. The van der Waals surface area contributed by atoms with Gasteiger partial charge in [-0.25, -0.2) is 0 Å². The molecule has 0 bridgehead atoms. The maximum atomic E-state index is 11.5. The Hall–Kier alpha value is -0.640. The lowest BCUT2D eigenvalue weighted by Gasteiger charge is -2.05. The summed E-state index contributed by atoms with van der Waals surface area (Å²) in [6.07, 6.45) is 0.253. The summed E-state index contributed by atoms with van der Waals surface area (Å²) < 4.78 is 11.5. The van der Waals surface area contributed by atoms with Crippen LogP contribution in [-0.4, -0.2) is 29.0 Å². The van der Waals surface area contributed by atoms with Gasteiger partial charge in [0.15, 0.2) is 0 Å². The van der Waals surface area contributed by atoms with Crippen molar-refractivity contribution >= 4 is 5.97 Å². The van der Waals surface area contributed by atoms with Crippen LogP contribution in [0.15, 0.2) is 0 Å². The highest BCUT2D eigenvalue weighted by molar-refractivity contribution is 5.67. The number of unbranched alkanes of at least 4 members (excludes halogenated alkanes) is 1. The average Bonchev–Trinajstić information content (AvgIpc) is 1.86. The van der Waals surface area contributed by atoms with Crippen LogP contribution in [0.25, 0.3) is 0 Å². The third-order valence-corrected chi connectivity index (χ3v) is 1.33. The van der Waals surface area contributed by atoms with E-state index in [1.54, 1.807) is 0 Å². The molecule has 0 saturated carbocycles. The summed E-state index contributed by atoms with van der Waals surface area (Å²) in [6, 6.07) is 0. The molecule has 0 fully saturated rings. The Morgan fingerprint density at radius 3 is 2.55 bits per heavy atom. The molecule has 0 aliphatic heterocycles. The monoisotopic (exact) mass is 164 g/mol. The van der Waals surface area contributed by atoms with Gasteiger partial charge in [-0.15, -0.1) is 0 Å². The molecule has 0 saturated heterocycles. The van der Waals surface area contributed by atoms with Crippen molar-refractivity contribution in [2.45, 2.75) is 31.8 Å². The van der Waals surface area contributed by atoms with E-state index in [0.717, 1.165) is 0 Å². The fourth-order valence-corrected chi connectivity index (χ4v) is 0.778. The molecule has 1 atom stereocenters. The lowest BCUT2D eigenvalue weighted by atomic mass is 10.1. The Kier molecular flexibility index (Phi) is 5.74. The van der Waals surface area contributed by atoms with Crippen LogP contribution in [0, 0.1) is 0 Å². The first kappa shape index (κ1) is 10.4. The van der Waals surface area contributed by atoms with Gasteiger partial charge in [0.1, 0.15) is 0 Å². The van der Waals surface area contributed by atoms with Crippen LogP contribution in [0.5, 0.6) is 0 Å². The Labute approximate surface area is 64.8 Å². The number of carboxylic acid groups (broad SMARTS) is 1. The zero-order valence-corrected chi connectivity index (χ0v) is 6.29. The fourth-order valence-electron chi connectivity index (χ4n) is 0.778. The summed E-state index contributed by atoms with van der Waals surface area (Å²) in [4.78, 5) is 10.0. The second kappa shape index (κ2) is 6.09. The molecule has 0 aliphatic carbocycles. The Balaban J connectivity index is 3.22. The molecule has 0 spiro atoms. The molecule has 0 aliphatic rings. The summed E-state index contributed by atoms with van der Waals surface area (Å²) in [5.41, 5.74) is 0. The van der Waals surface area contributed by atoms with Crippen molar-refractivity contribution in [1.29, 1.82) is 0 Å². The highest BCUT2D eigenvalue weighted by Crippen LogP contribution is 2.04. The number of aliphatic hydroxyl groups is 1. The molecule has 0 heterocycles. The second-order valence-corrected chi connectivity index (χ2v) is 2.44. The Morgan fingerprint density at radius 2 is 2.09 bits per heavy atom. The average molecular weight is 164 g/mol. The van der Waals surface area contributed by atoms with E-state index in [-0.39, 0.29) is 6.42 Å². The van der Waals surface area contributed by atoms with E-state index < -0.39 is 18.7 Å². The molecule has 0 aromatic carbocycles. The molecule has 66 valence electrons. The fraction of sp³-hybridized carbons (Fsp3) is 0.857. The maximum absolute atomic E-state index is 11.5. The van der Waals surface area contributed by atoms with Crippen molar-refractivity contribution in [3.8, 4) is 0 Å². The van der Waals surface area contributed by atoms with Crippen LogP contribution < -0.4 is 0 Å². The summed E-state index contributed by atoms with van der Waals surface area (Å²) in [6.45, 7) is -0.403. The molecule has 1 unspecified atom stereocenters. The van der Waals surface area contributed by atoms with E-state index in [9.17, 15) is 9.18 Å². The number of halogens is 1. The Morgan fingerprint density at radius 1 is 1.45 bits per heavy atom. The van der Waals surface area contributed by atoms with Crippen LogP contribution in [0.2, 0.25) is 0 Å². The van der Waals surface area contributed by atoms with Gasteiger partial charge in [-0.2, -0.15) is 0 Å². The van der Waals surface area contributed by atoms with E-state index in [1.807, 2.05) is 0 Å². The van der Waals surface area contributed by atoms with Crippen molar-refractivity contribution in [3.05, 3.63) is 0 Å². The summed E-state index contributed by atoms with van der Waals surface area (Å²) in [5, 5.41) is 17.1. The SMILES string of the molecule is O=C(O)CC(O)CCCCF. The predicted octanol–water partition coefficient (Wildman–Crippen LogP) is 0.962. The molecule has 0 amide bonds. The molecule has 0 rings (SSSR count). The molecule has 4 heteroatoms. The number of carbonyl (C=O) groups is 1. The quantitative estimate of drug-likeness (QED) is 0.575. The third kappa shape index (κ3) is 7.25. The lowest BCUT2D eigenvalue weighted by Crippen LogP contribution is -2.12. The first-order valence-corrected chi connectivity index (χ1v) is 3.62. The van der Waals surface area contributed by atoms with Crippen LogP contribution in [0.4, 0.5) is 4.39 Å². The molecule has 2 N–H and O–H groups in total. The first-order valence-electron chi connectivity index (χ1n) is 3.62. The smallest absolute Gasteiger partial charge is 0.305 e. The van der Waals surface area contributed by atoms with Crippen LogP contribution in [-0.2, 0) is 4.79 Å². The van der Waals surface area contributed by atoms with Gasteiger partial charge in [0.2, 0.25) is 0 Å². The van der Waals surface area contributed by atoms with E-state index >= 15 is 0 Å². The normalized spacial score (nSPS) is 12.9. The molecule has 11 heavy (non-hydrogen) atoms. The minimum atomic E-state index is -1.02. The first-order chi connectivity index (χ1) is 5.16. The second-order valence-electron chi connectivity index (χ2n) is 2.44. The number of alkyl halides is 1. The maximum Gasteiger partial charge on any atom is 0.305 e. The van der Waals surface area contributed by atoms with Crippen LogP contribution in [0.3, 0.4) is 0 Å².